The standard InChI is InChI=1S/C25H24BrN3O5S/c1-32-12-13-33-22-11-10-17(26)14-21(22)24(31)29-25(35)28-19-7-5-6-18(15-19)27-23(30)16-34-20-8-3-2-4-9-20/h2-11,14-15H,12-13,16H2,1H3,(H,27,30)(H2,28,29,31,35). The third-order valence-corrected chi connectivity index (χ3v) is 5.17. The maximum Gasteiger partial charge on any atom is 0.262 e. The van der Waals surface area contributed by atoms with Gasteiger partial charge in [0.1, 0.15) is 18.1 Å². The lowest BCUT2D eigenvalue weighted by atomic mass is 10.2. The third kappa shape index (κ3) is 8.67. The van der Waals surface area contributed by atoms with E-state index in [1.807, 2.05) is 18.2 Å². The number of methoxy groups -OCH3 is 1. The van der Waals surface area contributed by atoms with Gasteiger partial charge in [0.2, 0.25) is 0 Å². The molecule has 0 unspecified atom stereocenters. The summed E-state index contributed by atoms with van der Waals surface area (Å²) in [4.78, 5) is 25.0. The van der Waals surface area contributed by atoms with E-state index in [4.69, 9.17) is 26.4 Å². The lowest BCUT2D eigenvalue weighted by Gasteiger charge is -2.14. The van der Waals surface area contributed by atoms with E-state index in [-0.39, 0.29) is 17.6 Å². The van der Waals surface area contributed by atoms with Gasteiger partial charge in [0.25, 0.3) is 11.8 Å². The van der Waals surface area contributed by atoms with E-state index in [1.165, 1.54) is 0 Å². The highest BCUT2D eigenvalue weighted by atomic mass is 79.9. The molecule has 0 saturated carbocycles. The largest absolute Gasteiger partial charge is 0.490 e. The zero-order valence-electron chi connectivity index (χ0n) is 18.9. The molecule has 0 bridgehead atoms. The Kier molecular flexibility index (Phi) is 10.0. The average Bonchev–Trinajstić information content (AvgIpc) is 2.84. The Morgan fingerprint density at radius 1 is 0.886 bits per heavy atom. The summed E-state index contributed by atoms with van der Waals surface area (Å²) in [7, 11) is 1.57. The topological polar surface area (TPSA) is 97.9 Å². The monoisotopic (exact) mass is 557 g/mol. The zero-order chi connectivity index (χ0) is 25.0. The number of nitrogens with one attached hydrogen (secondary N) is 3. The van der Waals surface area contributed by atoms with Crippen molar-refractivity contribution in [1.29, 1.82) is 0 Å². The fourth-order valence-corrected chi connectivity index (χ4v) is 3.48. The van der Waals surface area contributed by atoms with Gasteiger partial charge >= 0.3 is 0 Å². The molecule has 3 rings (SSSR count). The molecule has 0 aliphatic rings. The average molecular weight is 558 g/mol. The van der Waals surface area contributed by atoms with Gasteiger partial charge in [-0.2, -0.15) is 0 Å². The lowest BCUT2D eigenvalue weighted by Crippen LogP contribution is -2.34. The van der Waals surface area contributed by atoms with E-state index in [9.17, 15) is 9.59 Å². The van der Waals surface area contributed by atoms with E-state index in [2.05, 4.69) is 31.9 Å². The van der Waals surface area contributed by atoms with Gasteiger partial charge in [-0.1, -0.05) is 40.2 Å². The third-order valence-electron chi connectivity index (χ3n) is 4.48. The van der Waals surface area contributed by atoms with E-state index < -0.39 is 5.91 Å². The van der Waals surface area contributed by atoms with Crippen LogP contribution in [0, 0.1) is 0 Å². The molecule has 0 atom stereocenters. The fourth-order valence-electron chi connectivity index (χ4n) is 2.91. The first-order valence-electron chi connectivity index (χ1n) is 10.6. The lowest BCUT2D eigenvalue weighted by molar-refractivity contribution is -0.118. The summed E-state index contributed by atoms with van der Waals surface area (Å²) < 4.78 is 16.8. The van der Waals surface area contributed by atoms with E-state index in [0.29, 0.717) is 41.7 Å². The van der Waals surface area contributed by atoms with Crippen LogP contribution in [0.2, 0.25) is 0 Å². The highest BCUT2D eigenvalue weighted by molar-refractivity contribution is 9.10. The van der Waals surface area contributed by atoms with Crippen LogP contribution in [0.15, 0.2) is 77.3 Å². The SMILES string of the molecule is COCCOc1ccc(Br)cc1C(=O)NC(=S)Nc1cccc(NC(=O)COc2ccccc2)c1. The molecule has 3 aromatic carbocycles. The van der Waals surface area contributed by atoms with Gasteiger partial charge in [-0.3, -0.25) is 14.9 Å². The van der Waals surface area contributed by atoms with Crippen LogP contribution >= 0.6 is 28.1 Å². The van der Waals surface area contributed by atoms with Gasteiger partial charge in [0, 0.05) is 23.0 Å². The van der Waals surface area contributed by atoms with Gasteiger partial charge in [0.05, 0.1) is 12.2 Å². The zero-order valence-corrected chi connectivity index (χ0v) is 21.3. The summed E-state index contributed by atoms with van der Waals surface area (Å²) >= 11 is 8.66. The molecule has 3 aromatic rings. The first-order chi connectivity index (χ1) is 16.9. The van der Waals surface area contributed by atoms with Crippen LogP contribution in [0.25, 0.3) is 0 Å². The van der Waals surface area contributed by atoms with Crippen molar-refractivity contribution in [2.75, 3.05) is 37.6 Å². The summed E-state index contributed by atoms with van der Waals surface area (Å²) in [5.74, 6) is 0.279. The fraction of sp³-hybridized carbons (Fsp3) is 0.160. The summed E-state index contributed by atoms with van der Waals surface area (Å²) in [6, 6.07) is 21.1. The van der Waals surface area contributed by atoms with Crippen molar-refractivity contribution >= 4 is 56.4 Å². The number of carbonyl (C=O) groups is 2. The minimum Gasteiger partial charge on any atom is -0.490 e. The van der Waals surface area contributed by atoms with Crippen LogP contribution < -0.4 is 25.4 Å². The summed E-state index contributed by atoms with van der Waals surface area (Å²) in [6.07, 6.45) is 0. The molecule has 0 aliphatic heterocycles. The van der Waals surface area contributed by atoms with Crippen LogP contribution in [-0.4, -0.2) is 43.9 Å². The molecule has 0 heterocycles. The number of hydrogen-bond acceptors (Lipinski definition) is 6. The molecule has 2 amide bonds. The van der Waals surface area contributed by atoms with Crippen molar-refractivity contribution in [2.45, 2.75) is 0 Å². The van der Waals surface area contributed by atoms with Crippen molar-refractivity contribution in [1.82, 2.24) is 5.32 Å². The molecule has 10 heteroatoms. The van der Waals surface area contributed by atoms with Crippen molar-refractivity contribution in [3.8, 4) is 11.5 Å². The maximum absolute atomic E-state index is 12.8. The van der Waals surface area contributed by atoms with E-state index in [0.717, 1.165) is 4.47 Å². The Labute approximate surface area is 217 Å². The van der Waals surface area contributed by atoms with Crippen molar-refractivity contribution < 1.29 is 23.8 Å². The maximum atomic E-state index is 12.8. The Balaban J connectivity index is 1.56. The van der Waals surface area contributed by atoms with Crippen LogP contribution in [0.4, 0.5) is 11.4 Å². The number of anilines is 2. The highest BCUT2D eigenvalue weighted by Crippen LogP contribution is 2.23. The smallest absolute Gasteiger partial charge is 0.262 e. The first kappa shape index (κ1) is 26.1. The summed E-state index contributed by atoms with van der Waals surface area (Å²) in [5.41, 5.74) is 1.45. The summed E-state index contributed by atoms with van der Waals surface area (Å²) in [5, 5.41) is 8.44. The number of halogens is 1. The molecule has 0 aromatic heterocycles. The van der Waals surface area contributed by atoms with Crippen molar-refractivity contribution in [3.63, 3.8) is 0 Å². The number of ether oxygens (including phenoxy) is 3. The second-order valence-electron chi connectivity index (χ2n) is 7.12. The first-order valence-corrected chi connectivity index (χ1v) is 11.8. The molecule has 35 heavy (non-hydrogen) atoms. The van der Waals surface area contributed by atoms with Gasteiger partial charge in [-0.25, -0.2) is 0 Å². The molecule has 0 aliphatic carbocycles. The number of amides is 2. The van der Waals surface area contributed by atoms with E-state index in [1.54, 1.807) is 61.7 Å². The Bertz CT molecular complexity index is 1180. The number of benzene rings is 3. The molecule has 8 nitrogen and oxygen atoms in total. The van der Waals surface area contributed by atoms with Crippen LogP contribution in [-0.2, 0) is 9.53 Å². The quantitative estimate of drug-likeness (QED) is 0.247. The minimum absolute atomic E-state index is 0.0914. The van der Waals surface area contributed by atoms with Gasteiger partial charge in [-0.05, 0) is 60.7 Å². The second kappa shape index (κ2) is 13.4. The van der Waals surface area contributed by atoms with Gasteiger partial charge < -0.3 is 24.8 Å². The van der Waals surface area contributed by atoms with Crippen LogP contribution in [0.1, 0.15) is 10.4 Å². The molecular formula is C25H24BrN3O5S. The number of para-hydroxylation sites is 1. The highest BCUT2D eigenvalue weighted by Gasteiger charge is 2.15. The number of hydrogen-bond donors (Lipinski definition) is 3. The number of thiocarbonyl (C=S) groups is 1. The number of rotatable bonds is 10. The second-order valence-corrected chi connectivity index (χ2v) is 8.44. The molecule has 182 valence electrons. The summed E-state index contributed by atoms with van der Waals surface area (Å²) in [6.45, 7) is 0.565. The predicted octanol–water partition coefficient (Wildman–Crippen LogP) is 4.62. The molecule has 0 radical (unpaired) electrons. The molecule has 0 spiro atoms. The van der Waals surface area contributed by atoms with E-state index >= 15 is 0 Å². The molecule has 3 N–H and O–H groups in total. The van der Waals surface area contributed by atoms with Crippen molar-refractivity contribution in [2.24, 2.45) is 0 Å². The van der Waals surface area contributed by atoms with Gasteiger partial charge in [-0.15, -0.1) is 0 Å². The predicted molar refractivity (Wildman–Crippen MR) is 142 cm³/mol. The molecule has 0 fully saturated rings. The molecular weight excluding hydrogens is 534 g/mol. The Hall–Kier alpha value is -3.47. The number of carbonyl (C=O) groups excluding carboxylic acids is 2. The Morgan fingerprint density at radius 2 is 1.63 bits per heavy atom. The minimum atomic E-state index is -0.432. The Morgan fingerprint density at radius 3 is 2.37 bits per heavy atom. The van der Waals surface area contributed by atoms with Crippen LogP contribution in [0.5, 0.6) is 11.5 Å². The van der Waals surface area contributed by atoms with Gasteiger partial charge in [0.15, 0.2) is 11.7 Å². The van der Waals surface area contributed by atoms with Crippen LogP contribution in [0.3, 0.4) is 0 Å². The normalized spacial score (nSPS) is 10.2. The molecule has 0 saturated heterocycles. The van der Waals surface area contributed by atoms with Crippen molar-refractivity contribution in [3.05, 3.63) is 82.8 Å².